The molecule has 19 heavy (non-hydrogen) atoms. The van der Waals surface area contributed by atoms with Crippen LogP contribution in [-0.4, -0.2) is 17.3 Å². The third-order valence-electron chi connectivity index (χ3n) is 3.53. The Morgan fingerprint density at radius 2 is 2.42 bits per heavy atom. The van der Waals surface area contributed by atoms with Gasteiger partial charge < -0.3 is 0 Å². The molecule has 1 aliphatic carbocycles. The molecule has 0 aromatic heterocycles. The van der Waals surface area contributed by atoms with Gasteiger partial charge in [0.1, 0.15) is 11.4 Å². The van der Waals surface area contributed by atoms with Crippen LogP contribution in [0.25, 0.3) is 0 Å². The van der Waals surface area contributed by atoms with Crippen LogP contribution >= 0.6 is 11.8 Å². The fourth-order valence-corrected chi connectivity index (χ4v) is 4.07. The topological polar surface area (TPSA) is 35.8 Å². The van der Waals surface area contributed by atoms with Gasteiger partial charge >= 0.3 is 0 Å². The van der Waals surface area contributed by atoms with E-state index in [4.69, 9.17) is 0 Å². The monoisotopic (exact) mass is 278 g/mol. The first-order valence-electron chi connectivity index (χ1n) is 6.76. The number of nitrogens with zero attached hydrogens (tertiary/aromatic N) is 1. The molecule has 1 aromatic carbocycles. The third-order valence-corrected chi connectivity index (χ3v) is 4.80. The second-order valence-corrected chi connectivity index (χ2v) is 6.39. The molecule has 2 nitrogen and oxygen atoms in total. The molecule has 0 spiro atoms. The highest BCUT2D eigenvalue weighted by Crippen LogP contribution is 2.38. The number of nitriles is 1. The Morgan fingerprint density at radius 3 is 3.11 bits per heavy atom. The lowest BCUT2D eigenvalue weighted by atomic mass is 9.82. The van der Waals surface area contributed by atoms with E-state index in [1.54, 1.807) is 23.9 Å². The minimum absolute atomic E-state index is 0.195. The smallest absolute Gasteiger partial charge is 0.124 e. The van der Waals surface area contributed by atoms with Crippen LogP contribution in [0.1, 0.15) is 32.6 Å². The fourth-order valence-electron chi connectivity index (χ4n) is 2.70. The third kappa shape index (κ3) is 3.71. The van der Waals surface area contributed by atoms with Gasteiger partial charge in [-0.25, -0.2) is 4.39 Å². The summed E-state index contributed by atoms with van der Waals surface area (Å²) in [5.41, 5.74) is -0.391. The van der Waals surface area contributed by atoms with Crippen molar-refractivity contribution in [1.29, 1.82) is 5.26 Å². The molecule has 2 rings (SSSR count). The van der Waals surface area contributed by atoms with E-state index in [9.17, 15) is 9.65 Å². The van der Waals surface area contributed by atoms with Crippen molar-refractivity contribution in [1.82, 2.24) is 5.32 Å². The highest BCUT2D eigenvalue weighted by atomic mass is 32.2. The molecule has 1 fully saturated rings. The van der Waals surface area contributed by atoms with E-state index in [1.165, 1.54) is 6.07 Å². The molecule has 0 radical (unpaired) electrons. The molecule has 1 saturated carbocycles. The highest BCUT2D eigenvalue weighted by molar-refractivity contribution is 8.00. The number of benzene rings is 1. The summed E-state index contributed by atoms with van der Waals surface area (Å²) >= 11 is 1.69. The average molecular weight is 278 g/mol. The van der Waals surface area contributed by atoms with Gasteiger partial charge in [0.25, 0.3) is 0 Å². The number of halogens is 1. The van der Waals surface area contributed by atoms with E-state index in [2.05, 4.69) is 11.4 Å². The SMILES string of the molecule is CCNC1(C#N)CCCC(Sc2cccc(F)c2)C1. The van der Waals surface area contributed by atoms with Crippen molar-refractivity contribution >= 4 is 11.8 Å². The zero-order chi connectivity index (χ0) is 13.7. The summed E-state index contributed by atoms with van der Waals surface area (Å²) in [6.45, 7) is 2.84. The van der Waals surface area contributed by atoms with E-state index >= 15 is 0 Å². The molecule has 2 atom stereocenters. The van der Waals surface area contributed by atoms with Crippen molar-refractivity contribution in [2.75, 3.05) is 6.54 Å². The predicted octanol–water partition coefficient (Wildman–Crippen LogP) is 3.73. The molecular weight excluding hydrogens is 259 g/mol. The summed E-state index contributed by atoms with van der Waals surface area (Å²) in [6.07, 6.45) is 3.89. The van der Waals surface area contributed by atoms with Gasteiger partial charge in [-0.2, -0.15) is 5.26 Å². The van der Waals surface area contributed by atoms with Crippen LogP contribution < -0.4 is 5.32 Å². The number of hydrogen-bond acceptors (Lipinski definition) is 3. The minimum atomic E-state index is -0.391. The molecule has 0 bridgehead atoms. The molecule has 102 valence electrons. The van der Waals surface area contributed by atoms with Crippen LogP contribution in [0.5, 0.6) is 0 Å². The van der Waals surface area contributed by atoms with Gasteiger partial charge in [-0.05, 0) is 50.4 Å². The molecule has 2 unspecified atom stereocenters. The van der Waals surface area contributed by atoms with E-state index in [0.29, 0.717) is 5.25 Å². The van der Waals surface area contributed by atoms with Crippen molar-refractivity contribution in [2.45, 2.75) is 48.3 Å². The van der Waals surface area contributed by atoms with Crippen LogP contribution in [0.4, 0.5) is 4.39 Å². The quantitative estimate of drug-likeness (QED) is 0.911. The van der Waals surface area contributed by atoms with Crippen LogP contribution in [-0.2, 0) is 0 Å². The van der Waals surface area contributed by atoms with Crippen LogP contribution in [0.3, 0.4) is 0 Å². The largest absolute Gasteiger partial charge is 0.300 e. The Hall–Kier alpha value is -1.05. The van der Waals surface area contributed by atoms with Gasteiger partial charge in [-0.15, -0.1) is 11.8 Å². The maximum absolute atomic E-state index is 13.2. The predicted molar refractivity (Wildman–Crippen MR) is 76.5 cm³/mol. The van der Waals surface area contributed by atoms with Gasteiger partial charge in [0.05, 0.1) is 6.07 Å². The van der Waals surface area contributed by atoms with Crippen molar-refractivity contribution in [3.63, 3.8) is 0 Å². The van der Waals surface area contributed by atoms with Crippen molar-refractivity contribution in [2.24, 2.45) is 0 Å². The minimum Gasteiger partial charge on any atom is -0.300 e. The molecule has 0 saturated heterocycles. The van der Waals surface area contributed by atoms with E-state index in [1.807, 2.05) is 13.0 Å². The first-order valence-corrected chi connectivity index (χ1v) is 7.64. The second-order valence-electron chi connectivity index (χ2n) is 5.02. The summed E-state index contributed by atoms with van der Waals surface area (Å²) in [5, 5.41) is 13.1. The Morgan fingerprint density at radius 1 is 1.58 bits per heavy atom. The maximum atomic E-state index is 13.2. The molecule has 1 aliphatic rings. The summed E-state index contributed by atoms with van der Waals surface area (Å²) in [4.78, 5) is 0.954. The first-order chi connectivity index (χ1) is 9.17. The molecule has 0 amide bonds. The van der Waals surface area contributed by atoms with E-state index in [-0.39, 0.29) is 5.82 Å². The van der Waals surface area contributed by atoms with Gasteiger partial charge in [-0.1, -0.05) is 13.0 Å². The highest BCUT2D eigenvalue weighted by Gasteiger charge is 2.36. The van der Waals surface area contributed by atoms with Gasteiger partial charge in [0, 0.05) is 10.1 Å². The van der Waals surface area contributed by atoms with E-state index in [0.717, 1.165) is 37.1 Å². The molecule has 1 aromatic rings. The normalized spacial score (nSPS) is 26.9. The van der Waals surface area contributed by atoms with Crippen LogP contribution in [0, 0.1) is 17.1 Å². The Labute approximate surface area is 118 Å². The van der Waals surface area contributed by atoms with E-state index < -0.39 is 5.54 Å². The fraction of sp³-hybridized carbons (Fsp3) is 0.533. The lowest BCUT2D eigenvalue weighted by molar-refractivity contribution is 0.309. The molecule has 1 N–H and O–H groups in total. The number of thioether (sulfide) groups is 1. The Kier molecular flexibility index (Phi) is 4.84. The van der Waals surface area contributed by atoms with Crippen molar-refractivity contribution in [3.05, 3.63) is 30.1 Å². The maximum Gasteiger partial charge on any atom is 0.124 e. The number of hydrogen-bond donors (Lipinski definition) is 1. The van der Waals surface area contributed by atoms with Gasteiger partial charge in [-0.3, -0.25) is 5.32 Å². The molecular formula is C15H19FN2S. The zero-order valence-electron chi connectivity index (χ0n) is 11.2. The van der Waals surface area contributed by atoms with Crippen LogP contribution in [0.2, 0.25) is 0 Å². The standard InChI is InChI=1S/C15H19FN2S/c1-2-18-15(11-17)8-4-7-14(10-15)19-13-6-3-5-12(16)9-13/h3,5-6,9,14,18H,2,4,7-8,10H2,1H3. The van der Waals surface area contributed by atoms with Gasteiger partial charge in [0.15, 0.2) is 0 Å². The van der Waals surface area contributed by atoms with Crippen molar-refractivity contribution in [3.8, 4) is 6.07 Å². The summed E-state index contributed by atoms with van der Waals surface area (Å²) in [7, 11) is 0. The van der Waals surface area contributed by atoms with Crippen molar-refractivity contribution < 1.29 is 4.39 Å². The second kappa shape index (κ2) is 6.40. The lowest BCUT2D eigenvalue weighted by Crippen LogP contribution is -2.48. The summed E-state index contributed by atoms with van der Waals surface area (Å²) in [6, 6.07) is 9.15. The molecule has 0 heterocycles. The summed E-state index contributed by atoms with van der Waals surface area (Å²) in [5.74, 6) is -0.195. The van der Waals surface area contributed by atoms with Gasteiger partial charge in [0.2, 0.25) is 0 Å². The Balaban J connectivity index is 2.03. The average Bonchev–Trinajstić information content (AvgIpc) is 2.39. The lowest BCUT2D eigenvalue weighted by Gasteiger charge is -2.36. The summed E-state index contributed by atoms with van der Waals surface area (Å²) < 4.78 is 13.2. The molecule has 0 aliphatic heterocycles. The van der Waals surface area contributed by atoms with Crippen LogP contribution in [0.15, 0.2) is 29.2 Å². The Bertz CT molecular complexity index is 467. The first kappa shape index (κ1) is 14.4. The zero-order valence-corrected chi connectivity index (χ0v) is 12.0. The number of nitrogens with one attached hydrogen (secondary N) is 1. The number of rotatable bonds is 4. The molecule has 4 heteroatoms.